The largest absolute Gasteiger partial charge is 0.446 e. The SMILES string of the molecule is O=C(NC1CC1)c1ccc2c(c1)CN(c1ncc(F)cn1)[C@@H]2c1cnco1. The van der Waals surface area contributed by atoms with Crippen molar-refractivity contribution in [1.82, 2.24) is 20.3 Å². The molecule has 5 rings (SSSR count). The molecule has 0 spiro atoms. The van der Waals surface area contributed by atoms with Crippen LogP contribution in [0.4, 0.5) is 10.3 Å². The van der Waals surface area contributed by atoms with E-state index >= 15 is 0 Å². The number of rotatable bonds is 4. The molecule has 1 aliphatic heterocycles. The van der Waals surface area contributed by atoms with E-state index in [2.05, 4.69) is 20.3 Å². The molecular weight excluding hydrogens is 349 g/mol. The Kier molecular flexibility index (Phi) is 3.63. The lowest BCUT2D eigenvalue weighted by atomic mass is 10.0. The zero-order valence-corrected chi connectivity index (χ0v) is 14.3. The van der Waals surface area contributed by atoms with E-state index in [-0.39, 0.29) is 11.9 Å². The number of hydrogen-bond donors (Lipinski definition) is 1. The van der Waals surface area contributed by atoms with E-state index in [9.17, 15) is 9.18 Å². The van der Waals surface area contributed by atoms with E-state index in [1.807, 2.05) is 23.1 Å². The van der Waals surface area contributed by atoms with Gasteiger partial charge in [0.25, 0.3) is 5.91 Å². The highest BCUT2D eigenvalue weighted by Gasteiger charge is 2.36. The second kappa shape index (κ2) is 6.15. The minimum atomic E-state index is -0.495. The van der Waals surface area contributed by atoms with Crippen molar-refractivity contribution in [1.29, 1.82) is 0 Å². The first-order valence-electron chi connectivity index (χ1n) is 8.75. The fraction of sp³-hybridized carbons (Fsp3) is 0.263. The maximum Gasteiger partial charge on any atom is 0.251 e. The molecule has 136 valence electrons. The van der Waals surface area contributed by atoms with E-state index < -0.39 is 5.82 Å². The minimum Gasteiger partial charge on any atom is -0.446 e. The molecule has 0 unspecified atom stereocenters. The third kappa shape index (κ3) is 2.92. The second-order valence-electron chi connectivity index (χ2n) is 6.80. The third-order valence-corrected chi connectivity index (χ3v) is 4.85. The van der Waals surface area contributed by atoms with Crippen molar-refractivity contribution in [2.45, 2.75) is 31.5 Å². The van der Waals surface area contributed by atoms with Gasteiger partial charge in [-0.2, -0.15) is 0 Å². The summed E-state index contributed by atoms with van der Waals surface area (Å²) in [5.74, 6) is 0.466. The number of nitrogens with zero attached hydrogens (tertiary/aromatic N) is 4. The van der Waals surface area contributed by atoms with Crippen molar-refractivity contribution in [3.05, 3.63) is 71.5 Å². The first-order valence-corrected chi connectivity index (χ1v) is 8.75. The molecule has 3 aromatic rings. The molecule has 0 radical (unpaired) electrons. The number of aromatic nitrogens is 3. The molecule has 7 nitrogen and oxygen atoms in total. The van der Waals surface area contributed by atoms with Gasteiger partial charge in [-0.3, -0.25) is 4.79 Å². The maximum atomic E-state index is 13.2. The number of halogens is 1. The Labute approximate surface area is 154 Å². The number of carbonyl (C=O) groups is 1. The van der Waals surface area contributed by atoms with Crippen LogP contribution in [0.15, 0.2) is 47.6 Å². The molecule has 2 aromatic heterocycles. The molecule has 2 aliphatic rings. The Bertz CT molecular complexity index is 986. The van der Waals surface area contributed by atoms with Gasteiger partial charge in [0, 0.05) is 18.2 Å². The van der Waals surface area contributed by atoms with Crippen LogP contribution in [-0.2, 0) is 6.54 Å². The van der Waals surface area contributed by atoms with E-state index in [0.717, 1.165) is 36.4 Å². The molecule has 8 heteroatoms. The van der Waals surface area contributed by atoms with Crippen LogP contribution in [0.1, 0.15) is 46.1 Å². The Morgan fingerprint density at radius 3 is 2.74 bits per heavy atom. The lowest BCUT2D eigenvalue weighted by Crippen LogP contribution is -2.25. The number of carbonyl (C=O) groups excluding carboxylic acids is 1. The minimum absolute atomic E-state index is 0.0620. The number of nitrogens with one attached hydrogen (secondary N) is 1. The van der Waals surface area contributed by atoms with Crippen LogP contribution < -0.4 is 10.2 Å². The van der Waals surface area contributed by atoms with Crippen molar-refractivity contribution in [2.24, 2.45) is 0 Å². The van der Waals surface area contributed by atoms with Crippen LogP contribution in [-0.4, -0.2) is 26.9 Å². The normalized spacial score (nSPS) is 18.4. The summed E-state index contributed by atoms with van der Waals surface area (Å²) < 4.78 is 18.8. The summed E-state index contributed by atoms with van der Waals surface area (Å²) in [6.45, 7) is 0.483. The predicted molar refractivity (Wildman–Crippen MR) is 93.4 cm³/mol. The van der Waals surface area contributed by atoms with Crippen LogP contribution >= 0.6 is 0 Å². The van der Waals surface area contributed by atoms with Crippen molar-refractivity contribution >= 4 is 11.9 Å². The lowest BCUT2D eigenvalue weighted by molar-refractivity contribution is 0.0951. The number of hydrogen-bond acceptors (Lipinski definition) is 6. The van der Waals surface area contributed by atoms with E-state index in [1.54, 1.807) is 6.20 Å². The Hall–Kier alpha value is -3.29. The fourth-order valence-electron chi connectivity index (χ4n) is 3.40. The highest BCUT2D eigenvalue weighted by Crippen LogP contribution is 2.40. The molecule has 1 saturated carbocycles. The molecule has 1 N–H and O–H groups in total. The quantitative estimate of drug-likeness (QED) is 0.765. The molecule has 0 saturated heterocycles. The number of fused-ring (bicyclic) bond motifs is 1. The van der Waals surface area contributed by atoms with Gasteiger partial charge in [0.15, 0.2) is 18.0 Å². The summed E-state index contributed by atoms with van der Waals surface area (Å²) in [4.78, 5) is 26.5. The standard InChI is InChI=1S/C19H16FN5O2/c20-13-6-22-19(23-7-13)25-9-12-5-11(18(26)24-14-2-3-14)1-4-15(12)17(25)16-8-21-10-27-16/h1,4-8,10,14,17H,2-3,9H2,(H,24,26)/t17-/m0/s1. The monoisotopic (exact) mass is 365 g/mol. The molecule has 3 heterocycles. The van der Waals surface area contributed by atoms with Gasteiger partial charge in [-0.05, 0) is 36.1 Å². The van der Waals surface area contributed by atoms with Crippen molar-refractivity contribution < 1.29 is 13.6 Å². The summed E-state index contributed by atoms with van der Waals surface area (Å²) >= 11 is 0. The van der Waals surface area contributed by atoms with Crippen molar-refractivity contribution in [3.63, 3.8) is 0 Å². The Balaban J connectivity index is 1.52. The highest BCUT2D eigenvalue weighted by molar-refractivity contribution is 5.95. The third-order valence-electron chi connectivity index (χ3n) is 4.85. The summed E-state index contributed by atoms with van der Waals surface area (Å²) in [6.07, 6.45) is 7.37. The maximum absolute atomic E-state index is 13.2. The Morgan fingerprint density at radius 2 is 2.04 bits per heavy atom. The van der Waals surface area contributed by atoms with Crippen LogP contribution in [0.2, 0.25) is 0 Å². The van der Waals surface area contributed by atoms with Crippen LogP contribution in [0, 0.1) is 5.82 Å². The summed E-state index contributed by atoms with van der Waals surface area (Å²) in [5, 5.41) is 3.00. The summed E-state index contributed by atoms with van der Waals surface area (Å²) in [7, 11) is 0. The van der Waals surface area contributed by atoms with Crippen molar-refractivity contribution in [3.8, 4) is 0 Å². The van der Waals surface area contributed by atoms with Crippen LogP contribution in [0.3, 0.4) is 0 Å². The van der Waals surface area contributed by atoms with Gasteiger partial charge in [0.05, 0.1) is 18.6 Å². The first-order chi connectivity index (χ1) is 13.2. The zero-order chi connectivity index (χ0) is 18.4. The molecule has 27 heavy (non-hydrogen) atoms. The second-order valence-corrected chi connectivity index (χ2v) is 6.80. The first kappa shape index (κ1) is 15.9. The lowest BCUT2D eigenvalue weighted by Gasteiger charge is -2.23. The zero-order valence-electron chi connectivity index (χ0n) is 14.3. The molecule has 1 fully saturated rings. The number of anilines is 1. The fourth-order valence-corrected chi connectivity index (χ4v) is 3.40. The van der Waals surface area contributed by atoms with Crippen LogP contribution in [0.25, 0.3) is 0 Å². The van der Waals surface area contributed by atoms with Gasteiger partial charge in [-0.1, -0.05) is 6.07 Å². The number of amides is 1. The topological polar surface area (TPSA) is 84.2 Å². The molecule has 0 bridgehead atoms. The molecule has 1 amide bonds. The average Bonchev–Trinajstić information content (AvgIpc) is 3.18. The smallest absolute Gasteiger partial charge is 0.251 e. The molecule has 1 aromatic carbocycles. The van der Waals surface area contributed by atoms with Gasteiger partial charge in [-0.15, -0.1) is 0 Å². The van der Waals surface area contributed by atoms with Crippen LogP contribution in [0.5, 0.6) is 0 Å². The Morgan fingerprint density at radius 1 is 1.22 bits per heavy atom. The van der Waals surface area contributed by atoms with Gasteiger partial charge < -0.3 is 14.6 Å². The predicted octanol–water partition coefficient (Wildman–Crippen LogP) is 2.61. The van der Waals surface area contributed by atoms with Gasteiger partial charge in [0.2, 0.25) is 5.95 Å². The molecular formula is C19H16FN5O2. The van der Waals surface area contributed by atoms with E-state index in [4.69, 9.17) is 4.42 Å². The van der Waals surface area contributed by atoms with E-state index in [0.29, 0.717) is 29.9 Å². The van der Waals surface area contributed by atoms with E-state index in [1.165, 1.54) is 6.39 Å². The molecule has 1 atom stereocenters. The number of oxazole rings is 1. The average molecular weight is 365 g/mol. The van der Waals surface area contributed by atoms with Gasteiger partial charge in [0.1, 0.15) is 6.04 Å². The highest BCUT2D eigenvalue weighted by atomic mass is 19.1. The number of benzene rings is 1. The van der Waals surface area contributed by atoms with Crippen molar-refractivity contribution in [2.75, 3.05) is 4.90 Å². The molecule has 1 aliphatic carbocycles. The van der Waals surface area contributed by atoms with Gasteiger partial charge in [-0.25, -0.2) is 19.3 Å². The van der Waals surface area contributed by atoms with Gasteiger partial charge >= 0.3 is 0 Å². The summed E-state index contributed by atoms with van der Waals surface area (Å²) in [6, 6.07) is 5.65. The summed E-state index contributed by atoms with van der Waals surface area (Å²) in [5.41, 5.74) is 2.59.